The van der Waals surface area contributed by atoms with Crippen LogP contribution in [-0.2, 0) is 9.53 Å². The van der Waals surface area contributed by atoms with E-state index in [2.05, 4.69) is 58.6 Å². The molecule has 2 unspecified atom stereocenters. The number of hydrogen-bond acceptors (Lipinski definition) is 3. The van der Waals surface area contributed by atoms with E-state index in [0.717, 1.165) is 25.7 Å². The van der Waals surface area contributed by atoms with Crippen LogP contribution in [0.15, 0.2) is 12.1 Å². The number of esters is 1. The predicted molar refractivity (Wildman–Crippen MR) is 101 cm³/mol. The molecule has 0 saturated heterocycles. The molecule has 0 aromatic heterocycles. The van der Waals surface area contributed by atoms with Crippen molar-refractivity contribution in [2.24, 2.45) is 0 Å². The Hall–Kier alpha value is -1.51. The second-order valence-corrected chi connectivity index (χ2v) is 7.96. The minimum absolute atomic E-state index is 0.0687. The minimum Gasteiger partial charge on any atom is -0.467 e. The summed E-state index contributed by atoms with van der Waals surface area (Å²) in [4.78, 5) is 14.9. The minimum atomic E-state index is -0.210. The Bertz CT molecular complexity index is 606. The number of methoxy groups -OCH3 is 1. The van der Waals surface area contributed by atoms with Crippen molar-refractivity contribution in [3.05, 3.63) is 28.8 Å². The molecule has 1 heterocycles. The molecule has 3 nitrogen and oxygen atoms in total. The number of benzene rings is 1. The largest absolute Gasteiger partial charge is 0.467 e. The summed E-state index contributed by atoms with van der Waals surface area (Å²) in [6.45, 7) is 13.3. The maximum atomic E-state index is 12.6. The molecule has 2 atom stereocenters. The number of carbonyl (C=O) groups excluding carboxylic acids is 1. The molecule has 1 aliphatic heterocycles. The van der Waals surface area contributed by atoms with E-state index in [1.807, 2.05) is 0 Å². The van der Waals surface area contributed by atoms with Crippen molar-refractivity contribution < 1.29 is 9.53 Å². The summed E-state index contributed by atoms with van der Waals surface area (Å²) in [5.41, 5.74) is 5.11. The van der Waals surface area contributed by atoms with Gasteiger partial charge in [0.15, 0.2) is 0 Å². The highest BCUT2D eigenvalue weighted by atomic mass is 16.5. The topological polar surface area (TPSA) is 29.5 Å². The second-order valence-electron chi connectivity index (χ2n) is 7.96. The zero-order valence-corrected chi connectivity index (χ0v) is 16.4. The summed E-state index contributed by atoms with van der Waals surface area (Å²) in [5, 5.41) is 0. The Morgan fingerprint density at radius 1 is 1.33 bits per heavy atom. The van der Waals surface area contributed by atoms with Crippen molar-refractivity contribution in [3.63, 3.8) is 0 Å². The van der Waals surface area contributed by atoms with Crippen LogP contribution in [0.3, 0.4) is 0 Å². The quantitative estimate of drug-likeness (QED) is 0.701. The fraction of sp³-hybridized carbons (Fsp3) is 0.667. The first-order valence-corrected chi connectivity index (χ1v) is 9.21. The van der Waals surface area contributed by atoms with E-state index in [9.17, 15) is 4.79 Å². The number of hydrogen-bond donors (Lipinski definition) is 0. The van der Waals surface area contributed by atoms with E-state index in [1.165, 1.54) is 29.5 Å². The first-order chi connectivity index (χ1) is 11.2. The normalized spacial score (nSPS) is 20.5. The van der Waals surface area contributed by atoms with Gasteiger partial charge in [0.2, 0.25) is 0 Å². The molecule has 0 saturated carbocycles. The molecule has 2 rings (SSSR count). The molecule has 1 aliphatic rings. The fourth-order valence-corrected chi connectivity index (χ4v) is 4.19. The van der Waals surface area contributed by atoms with Crippen LogP contribution < -0.4 is 4.90 Å². The van der Waals surface area contributed by atoms with Crippen LogP contribution in [0.1, 0.15) is 76.0 Å². The predicted octanol–water partition coefficient (Wildman–Crippen LogP) is 5.13. The number of unbranched alkanes of at least 4 members (excludes halogenated alkanes) is 1. The number of nitrogens with zero attached hydrogens (tertiary/aromatic N) is 1. The Morgan fingerprint density at radius 2 is 1.96 bits per heavy atom. The number of anilines is 1. The van der Waals surface area contributed by atoms with Gasteiger partial charge in [-0.05, 0) is 69.2 Å². The zero-order chi connectivity index (χ0) is 18.1. The van der Waals surface area contributed by atoms with Gasteiger partial charge in [-0.2, -0.15) is 0 Å². The number of ether oxygens (including phenoxy) is 1. The highest BCUT2D eigenvalue weighted by Gasteiger charge is 2.42. The first kappa shape index (κ1) is 18.8. The zero-order valence-electron chi connectivity index (χ0n) is 16.4. The molecule has 3 heteroatoms. The average Bonchev–Trinajstić information content (AvgIpc) is 2.51. The maximum absolute atomic E-state index is 12.6. The summed E-state index contributed by atoms with van der Waals surface area (Å²) in [7, 11) is 1.50. The third kappa shape index (κ3) is 3.45. The Balaban J connectivity index is 2.58. The molecule has 0 fully saturated rings. The molecule has 1 aromatic carbocycles. The summed E-state index contributed by atoms with van der Waals surface area (Å²) in [6.07, 6.45) is 4.00. The van der Waals surface area contributed by atoms with Crippen LogP contribution >= 0.6 is 0 Å². The first-order valence-electron chi connectivity index (χ1n) is 9.21. The van der Waals surface area contributed by atoms with E-state index >= 15 is 0 Å². The summed E-state index contributed by atoms with van der Waals surface area (Å²) >= 11 is 0. The lowest BCUT2D eigenvalue weighted by Gasteiger charge is -2.50. The Labute approximate surface area is 147 Å². The van der Waals surface area contributed by atoms with E-state index in [-0.39, 0.29) is 17.6 Å². The van der Waals surface area contributed by atoms with Crippen molar-refractivity contribution in [3.8, 4) is 0 Å². The standard InChI is InChI=1S/C21H33NO2/c1-8-9-10-18(20(23)24-7)22-19-12-15(3)14(2)11-17(19)16(4)13-21(22,5)6/h11-12,16,18H,8-10,13H2,1-7H3. The number of carbonyl (C=O) groups is 1. The molecule has 0 amide bonds. The van der Waals surface area contributed by atoms with Gasteiger partial charge in [0, 0.05) is 11.2 Å². The highest BCUT2D eigenvalue weighted by molar-refractivity contribution is 5.82. The number of rotatable bonds is 5. The number of aryl methyl sites for hydroxylation is 2. The van der Waals surface area contributed by atoms with Crippen molar-refractivity contribution >= 4 is 11.7 Å². The molecule has 134 valence electrons. The molecule has 24 heavy (non-hydrogen) atoms. The van der Waals surface area contributed by atoms with Gasteiger partial charge in [-0.1, -0.05) is 32.8 Å². The molecule has 1 aromatic rings. The summed E-state index contributed by atoms with van der Waals surface area (Å²) < 4.78 is 5.17. The smallest absolute Gasteiger partial charge is 0.328 e. The molecular formula is C21H33NO2. The van der Waals surface area contributed by atoms with Crippen molar-refractivity contribution in [1.29, 1.82) is 0 Å². The van der Waals surface area contributed by atoms with Gasteiger partial charge in [0.1, 0.15) is 6.04 Å². The van der Waals surface area contributed by atoms with Gasteiger partial charge < -0.3 is 9.64 Å². The van der Waals surface area contributed by atoms with E-state index in [0.29, 0.717) is 5.92 Å². The lowest BCUT2D eigenvalue weighted by atomic mass is 9.77. The van der Waals surface area contributed by atoms with E-state index < -0.39 is 0 Å². The van der Waals surface area contributed by atoms with Crippen molar-refractivity contribution in [2.45, 2.75) is 84.7 Å². The van der Waals surface area contributed by atoms with Crippen LogP contribution in [-0.4, -0.2) is 24.7 Å². The summed E-state index contributed by atoms with van der Waals surface area (Å²) in [6, 6.07) is 4.37. The second kappa shape index (κ2) is 7.16. The maximum Gasteiger partial charge on any atom is 0.328 e. The summed E-state index contributed by atoms with van der Waals surface area (Å²) in [5.74, 6) is 0.380. The molecule has 0 radical (unpaired) electrons. The van der Waals surface area contributed by atoms with Gasteiger partial charge in [0.25, 0.3) is 0 Å². The van der Waals surface area contributed by atoms with Crippen LogP contribution in [0.25, 0.3) is 0 Å². The number of fused-ring (bicyclic) bond motifs is 1. The monoisotopic (exact) mass is 331 g/mol. The molecule has 0 spiro atoms. The third-order valence-corrected chi connectivity index (χ3v) is 5.51. The van der Waals surface area contributed by atoms with Gasteiger partial charge >= 0.3 is 5.97 Å². The lowest BCUT2D eigenvalue weighted by molar-refractivity contribution is -0.142. The SMILES string of the molecule is CCCCC(C(=O)OC)N1c2cc(C)c(C)cc2C(C)CC1(C)C. The average molecular weight is 332 g/mol. The third-order valence-electron chi connectivity index (χ3n) is 5.51. The van der Waals surface area contributed by atoms with Crippen LogP contribution in [0.4, 0.5) is 5.69 Å². The molecule has 0 aliphatic carbocycles. The van der Waals surface area contributed by atoms with Gasteiger partial charge in [0.05, 0.1) is 7.11 Å². The van der Waals surface area contributed by atoms with Gasteiger partial charge in [-0.15, -0.1) is 0 Å². The lowest BCUT2D eigenvalue weighted by Crippen LogP contribution is -2.56. The van der Waals surface area contributed by atoms with Gasteiger partial charge in [-0.25, -0.2) is 4.79 Å². The highest BCUT2D eigenvalue weighted by Crippen LogP contribution is 2.46. The fourth-order valence-electron chi connectivity index (χ4n) is 4.19. The Kier molecular flexibility index (Phi) is 5.62. The van der Waals surface area contributed by atoms with Crippen molar-refractivity contribution in [1.82, 2.24) is 0 Å². The van der Waals surface area contributed by atoms with Crippen molar-refractivity contribution in [2.75, 3.05) is 12.0 Å². The van der Waals surface area contributed by atoms with E-state index in [4.69, 9.17) is 4.74 Å². The van der Waals surface area contributed by atoms with Crippen LogP contribution in [0.2, 0.25) is 0 Å². The molecule has 0 N–H and O–H groups in total. The van der Waals surface area contributed by atoms with Gasteiger partial charge in [-0.3, -0.25) is 0 Å². The Morgan fingerprint density at radius 3 is 2.54 bits per heavy atom. The van der Waals surface area contributed by atoms with Crippen LogP contribution in [0, 0.1) is 13.8 Å². The molecular weight excluding hydrogens is 298 g/mol. The molecule has 0 bridgehead atoms. The van der Waals surface area contributed by atoms with Crippen LogP contribution in [0.5, 0.6) is 0 Å². The van der Waals surface area contributed by atoms with E-state index in [1.54, 1.807) is 0 Å².